The van der Waals surface area contributed by atoms with Crippen LogP contribution in [0.1, 0.15) is 25.3 Å². The maximum absolute atomic E-state index is 13.5. The van der Waals surface area contributed by atoms with Crippen LogP contribution in [0.3, 0.4) is 0 Å². The van der Waals surface area contributed by atoms with Crippen LogP contribution in [0, 0.1) is 5.82 Å². The summed E-state index contributed by atoms with van der Waals surface area (Å²) < 4.78 is 19.5. The molecule has 4 heteroatoms. The summed E-state index contributed by atoms with van der Waals surface area (Å²) in [6, 6.07) is 5.27. The van der Waals surface area contributed by atoms with Crippen molar-refractivity contribution in [1.29, 1.82) is 0 Å². The Morgan fingerprint density at radius 2 is 2.24 bits per heavy atom. The smallest absolute Gasteiger partial charge is 0.127 e. The van der Waals surface area contributed by atoms with Crippen molar-refractivity contribution in [2.75, 3.05) is 13.7 Å². The maximum Gasteiger partial charge on any atom is 0.127 e. The molecule has 1 aromatic carbocycles. The minimum atomic E-state index is -0.173. The Bertz CT molecular complexity index is 340. The molecule has 17 heavy (non-hydrogen) atoms. The molecule has 0 saturated heterocycles. The standard InChI is InChI=1S/C13H19BrFNO/c1-3-4-12(9-17-2)16-8-10-7-11(14)5-6-13(10)15/h5-7,12,16H,3-4,8-9H2,1-2H3. The Balaban J connectivity index is 2.55. The number of rotatable bonds is 7. The van der Waals surface area contributed by atoms with Crippen LogP contribution in [-0.2, 0) is 11.3 Å². The predicted octanol–water partition coefficient (Wildman–Crippen LogP) is 3.49. The average Bonchev–Trinajstić information content (AvgIpc) is 2.30. The molecule has 1 aromatic rings. The van der Waals surface area contributed by atoms with Crippen molar-refractivity contribution < 1.29 is 9.13 Å². The van der Waals surface area contributed by atoms with Gasteiger partial charge in [-0.15, -0.1) is 0 Å². The number of ether oxygens (including phenoxy) is 1. The van der Waals surface area contributed by atoms with Gasteiger partial charge in [-0.2, -0.15) is 0 Å². The highest BCUT2D eigenvalue weighted by Gasteiger charge is 2.08. The van der Waals surface area contributed by atoms with Crippen molar-refractivity contribution in [3.05, 3.63) is 34.1 Å². The van der Waals surface area contributed by atoms with E-state index in [-0.39, 0.29) is 11.9 Å². The lowest BCUT2D eigenvalue weighted by Crippen LogP contribution is -2.32. The number of methoxy groups -OCH3 is 1. The van der Waals surface area contributed by atoms with Gasteiger partial charge < -0.3 is 10.1 Å². The molecule has 1 unspecified atom stereocenters. The summed E-state index contributed by atoms with van der Waals surface area (Å²) in [5, 5.41) is 3.32. The third-order valence-electron chi connectivity index (χ3n) is 2.59. The number of hydrogen-bond donors (Lipinski definition) is 1. The summed E-state index contributed by atoms with van der Waals surface area (Å²) in [5.41, 5.74) is 0.677. The molecule has 0 aliphatic rings. The van der Waals surface area contributed by atoms with E-state index in [9.17, 15) is 4.39 Å². The molecule has 0 aliphatic heterocycles. The van der Waals surface area contributed by atoms with Crippen molar-refractivity contribution in [2.45, 2.75) is 32.4 Å². The van der Waals surface area contributed by atoms with E-state index in [1.807, 2.05) is 0 Å². The highest BCUT2D eigenvalue weighted by molar-refractivity contribution is 9.10. The summed E-state index contributed by atoms with van der Waals surface area (Å²) in [5.74, 6) is -0.173. The molecule has 1 N–H and O–H groups in total. The fraction of sp³-hybridized carbons (Fsp3) is 0.538. The highest BCUT2D eigenvalue weighted by Crippen LogP contribution is 2.15. The van der Waals surface area contributed by atoms with E-state index in [1.165, 1.54) is 6.07 Å². The van der Waals surface area contributed by atoms with Gasteiger partial charge >= 0.3 is 0 Å². The van der Waals surface area contributed by atoms with Crippen LogP contribution in [0.2, 0.25) is 0 Å². The molecule has 1 atom stereocenters. The fourth-order valence-corrected chi connectivity index (χ4v) is 2.14. The van der Waals surface area contributed by atoms with E-state index < -0.39 is 0 Å². The van der Waals surface area contributed by atoms with E-state index in [0.717, 1.165) is 17.3 Å². The first-order valence-electron chi connectivity index (χ1n) is 5.83. The Labute approximate surface area is 111 Å². The van der Waals surface area contributed by atoms with Gasteiger partial charge in [-0.1, -0.05) is 29.3 Å². The monoisotopic (exact) mass is 303 g/mol. The molecule has 0 bridgehead atoms. The van der Waals surface area contributed by atoms with Crippen molar-refractivity contribution in [3.63, 3.8) is 0 Å². The first-order chi connectivity index (χ1) is 8.17. The van der Waals surface area contributed by atoms with Crippen LogP contribution in [0.4, 0.5) is 4.39 Å². The van der Waals surface area contributed by atoms with Crippen LogP contribution >= 0.6 is 15.9 Å². The van der Waals surface area contributed by atoms with Gasteiger partial charge in [0.1, 0.15) is 5.82 Å². The maximum atomic E-state index is 13.5. The second-order valence-electron chi connectivity index (χ2n) is 4.06. The van der Waals surface area contributed by atoms with Gasteiger partial charge in [0, 0.05) is 29.7 Å². The molecule has 0 spiro atoms. The zero-order valence-corrected chi connectivity index (χ0v) is 11.9. The minimum absolute atomic E-state index is 0.173. The fourth-order valence-electron chi connectivity index (χ4n) is 1.73. The van der Waals surface area contributed by atoms with Crippen LogP contribution < -0.4 is 5.32 Å². The first kappa shape index (κ1) is 14.6. The van der Waals surface area contributed by atoms with Crippen LogP contribution in [0.25, 0.3) is 0 Å². The van der Waals surface area contributed by atoms with Gasteiger partial charge in [-0.25, -0.2) is 4.39 Å². The van der Waals surface area contributed by atoms with E-state index in [1.54, 1.807) is 19.2 Å². The summed E-state index contributed by atoms with van der Waals surface area (Å²) in [7, 11) is 1.68. The molecule has 1 rings (SSSR count). The van der Waals surface area contributed by atoms with Crippen molar-refractivity contribution >= 4 is 15.9 Å². The lowest BCUT2D eigenvalue weighted by Gasteiger charge is -2.17. The van der Waals surface area contributed by atoms with Gasteiger partial charge in [-0.05, 0) is 24.6 Å². The highest BCUT2D eigenvalue weighted by atomic mass is 79.9. The van der Waals surface area contributed by atoms with Crippen LogP contribution in [-0.4, -0.2) is 19.8 Å². The van der Waals surface area contributed by atoms with Gasteiger partial charge in [0.2, 0.25) is 0 Å². The molecular formula is C13H19BrFNO. The van der Waals surface area contributed by atoms with E-state index >= 15 is 0 Å². The summed E-state index contributed by atoms with van der Waals surface area (Å²) >= 11 is 3.35. The summed E-state index contributed by atoms with van der Waals surface area (Å²) in [6.07, 6.45) is 2.12. The first-order valence-corrected chi connectivity index (χ1v) is 6.63. The van der Waals surface area contributed by atoms with Gasteiger partial charge in [-0.3, -0.25) is 0 Å². The Morgan fingerprint density at radius 3 is 2.88 bits per heavy atom. The van der Waals surface area contributed by atoms with Gasteiger partial charge in [0.15, 0.2) is 0 Å². The number of benzene rings is 1. The summed E-state index contributed by atoms with van der Waals surface area (Å²) in [6.45, 7) is 3.31. The zero-order chi connectivity index (χ0) is 12.7. The molecule has 0 aromatic heterocycles. The van der Waals surface area contributed by atoms with E-state index in [0.29, 0.717) is 18.7 Å². The van der Waals surface area contributed by atoms with Gasteiger partial charge in [0.25, 0.3) is 0 Å². The molecule has 0 saturated carbocycles. The van der Waals surface area contributed by atoms with Crippen LogP contribution in [0.5, 0.6) is 0 Å². The SMILES string of the molecule is CCCC(COC)NCc1cc(Br)ccc1F. The van der Waals surface area contributed by atoms with Crippen molar-refractivity contribution in [3.8, 4) is 0 Å². The molecule has 0 radical (unpaired) electrons. The third-order valence-corrected chi connectivity index (χ3v) is 3.09. The minimum Gasteiger partial charge on any atom is -0.383 e. The second kappa shape index (κ2) is 7.80. The molecule has 0 fully saturated rings. The zero-order valence-electron chi connectivity index (χ0n) is 10.3. The van der Waals surface area contributed by atoms with Crippen LogP contribution in [0.15, 0.2) is 22.7 Å². The third kappa shape index (κ3) is 5.15. The second-order valence-corrected chi connectivity index (χ2v) is 4.97. The molecular weight excluding hydrogens is 285 g/mol. The lowest BCUT2D eigenvalue weighted by molar-refractivity contribution is 0.161. The Hall–Kier alpha value is -0.450. The molecule has 2 nitrogen and oxygen atoms in total. The molecule has 96 valence electrons. The molecule has 0 amide bonds. The van der Waals surface area contributed by atoms with Crippen molar-refractivity contribution in [2.24, 2.45) is 0 Å². The molecule has 0 heterocycles. The molecule has 0 aliphatic carbocycles. The Kier molecular flexibility index (Phi) is 6.70. The predicted molar refractivity (Wildman–Crippen MR) is 71.5 cm³/mol. The number of hydrogen-bond acceptors (Lipinski definition) is 2. The van der Waals surface area contributed by atoms with E-state index in [4.69, 9.17) is 4.74 Å². The number of nitrogens with one attached hydrogen (secondary N) is 1. The van der Waals surface area contributed by atoms with Crippen molar-refractivity contribution in [1.82, 2.24) is 5.32 Å². The normalized spacial score (nSPS) is 12.7. The number of halogens is 2. The average molecular weight is 304 g/mol. The quantitative estimate of drug-likeness (QED) is 0.832. The Morgan fingerprint density at radius 1 is 1.47 bits per heavy atom. The lowest BCUT2D eigenvalue weighted by atomic mass is 10.1. The van der Waals surface area contributed by atoms with Gasteiger partial charge in [0.05, 0.1) is 6.61 Å². The van der Waals surface area contributed by atoms with E-state index in [2.05, 4.69) is 28.2 Å². The largest absolute Gasteiger partial charge is 0.383 e. The topological polar surface area (TPSA) is 21.3 Å². The summed E-state index contributed by atoms with van der Waals surface area (Å²) in [4.78, 5) is 0.